The van der Waals surface area contributed by atoms with Crippen molar-refractivity contribution in [1.82, 2.24) is 10.3 Å². The van der Waals surface area contributed by atoms with Crippen LogP contribution in [0.2, 0.25) is 0 Å². The Balaban J connectivity index is 2.56. The Kier molecular flexibility index (Phi) is 8.07. The Morgan fingerprint density at radius 2 is 1.84 bits per heavy atom. The van der Waals surface area contributed by atoms with Gasteiger partial charge in [0.2, 0.25) is 0 Å². The summed E-state index contributed by atoms with van der Waals surface area (Å²) in [5.41, 5.74) is 1.17. The normalized spacial score (nSPS) is 11.2. The van der Waals surface area contributed by atoms with Crippen LogP contribution in [0.3, 0.4) is 0 Å². The van der Waals surface area contributed by atoms with E-state index in [4.69, 9.17) is 4.98 Å². The van der Waals surface area contributed by atoms with Gasteiger partial charge in [-0.1, -0.05) is 40.5 Å². The first-order valence-corrected chi connectivity index (χ1v) is 8.48. The lowest BCUT2D eigenvalue weighted by atomic mass is 10.3. The minimum Gasteiger partial charge on any atom is -0.348 e. The lowest BCUT2D eigenvalue weighted by Crippen LogP contribution is -2.26. The lowest BCUT2D eigenvalue weighted by Gasteiger charge is -2.21. The topological polar surface area (TPSA) is 28.2 Å². The van der Waals surface area contributed by atoms with Crippen molar-refractivity contribution < 1.29 is 0 Å². The predicted molar refractivity (Wildman–Crippen MR) is 86.1 cm³/mol. The van der Waals surface area contributed by atoms with E-state index < -0.39 is 0 Å². The molecule has 0 saturated heterocycles. The van der Waals surface area contributed by atoms with Crippen molar-refractivity contribution in [2.75, 3.05) is 18.0 Å². The number of nitrogens with one attached hydrogen (secondary N) is 1. The molecule has 0 aromatic carbocycles. The minimum absolute atomic E-state index is 0.515. The molecule has 19 heavy (non-hydrogen) atoms. The first-order chi connectivity index (χ1) is 9.17. The molecule has 0 aliphatic rings. The van der Waals surface area contributed by atoms with Crippen LogP contribution < -0.4 is 10.2 Å². The number of hydrogen-bond donors (Lipinski definition) is 1. The van der Waals surface area contributed by atoms with Crippen LogP contribution in [0.15, 0.2) is 5.38 Å². The van der Waals surface area contributed by atoms with Gasteiger partial charge < -0.3 is 10.2 Å². The van der Waals surface area contributed by atoms with Gasteiger partial charge in [-0.05, 0) is 12.8 Å². The highest BCUT2D eigenvalue weighted by molar-refractivity contribution is 7.13. The summed E-state index contributed by atoms with van der Waals surface area (Å²) in [5.74, 6) is 0. The molecule has 0 saturated carbocycles. The molecule has 0 aliphatic heterocycles. The van der Waals surface area contributed by atoms with Gasteiger partial charge in [0.05, 0.1) is 5.69 Å². The second-order valence-electron chi connectivity index (χ2n) is 5.35. The maximum Gasteiger partial charge on any atom is 0.185 e. The summed E-state index contributed by atoms with van der Waals surface area (Å²) in [6, 6.07) is 0.515. The molecular formula is C15H29N3S. The highest BCUT2D eigenvalue weighted by atomic mass is 32.1. The predicted octanol–water partition coefficient (Wildman–Crippen LogP) is 4.05. The zero-order chi connectivity index (χ0) is 14.1. The smallest absolute Gasteiger partial charge is 0.185 e. The summed E-state index contributed by atoms with van der Waals surface area (Å²) < 4.78 is 0. The van der Waals surface area contributed by atoms with Gasteiger partial charge in [0.25, 0.3) is 0 Å². The van der Waals surface area contributed by atoms with Gasteiger partial charge in [-0.15, -0.1) is 11.3 Å². The second-order valence-corrected chi connectivity index (χ2v) is 6.19. The third-order valence-electron chi connectivity index (χ3n) is 3.06. The van der Waals surface area contributed by atoms with Gasteiger partial charge in [0.1, 0.15) is 0 Å². The molecule has 4 heteroatoms. The van der Waals surface area contributed by atoms with Crippen LogP contribution >= 0.6 is 11.3 Å². The highest BCUT2D eigenvalue weighted by Gasteiger charge is 2.10. The number of anilines is 1. The van der Waals surface area contributed by atoms with E-state index in [-0.39, 0.29) is 0 Å². The summed E-state index contributed by atoms with van der Waals surface area (Å²) in [7, 11) is 0. The van der Waals surface area contributed by atoms with Crippen molar-refractivity contribution in [2.45, 2.75) is 66.0 Å². The van der Waals surface area contributed by atoms with E-state index in [0.717, 1.165) is 19.6 Å². The van der Waals surface area contributed by atoms with E-state index in [9.17, 15) is 0 Å². The number of hydrogen-bond acceptors (Lipinski definition) is 4. The van der Waals surface area contributed by atoms with Crippen molar-refractivity contribution in [3.63, 3.8) is 0 Å². The zero-order valence-corrected chi connectivity index (χ0v) is 13.7. The molecule has 110 valence electrons. The van der Waals surface area contributed by atoms with Crippen LogP contribution in [0.4, 0.5) is 5.13 Å². The summed E-state index contributed by atoms with van der Waals surface area (Å²) in [4.78, 5) is 7.23. The molecule has 0 unspecified atom stereocenters. The van der Waals surface area contributed by atoms with E-state index in [1.807, 2.05) is 0 Å². The summed E-state index contributed by atoms with van der Waals surface area (Å²) >= 11 is 1.79. The average Bonchev–Trinajstić information content (AvgIpc) is 2.85. The molecule has 1 heterocycles. The molecule has 0 amide bonds. The van der Waals surface area contributed by atoms with Crippen LogP contribution in [0.5, 0.6) is 0 Å². The molecule has 0 atom stereocenters. The zero-order valence-electron chi connectivity index (χ0n) is 12.9. The van der Waals surface area contributed by atoms with E-state index in [1.54, 1.807) is 11.3 Å². The molecule has 1 N–H and O–H groups in total. The fraction of sp³-hybridized carbons (Fsp3) is 0.800. The fourth-order valence-corrected chi connectivity index (χ4v) is 2.71. The maximum absolute atomic E-state index is 4.77. The van der Waals surface area contributed by atoms with Crippen LogP contribution in [0, 0.1) is 0 Å². The standard InChI is InChI=1S/C15H29N3S/c1-5-7-9-18(10-8-6-2)15-17-14(12-19-15)11-16-13(3)4/h12-13,16H,5-11H2,1-4H3. The van der Waals surface area contributed by atoms with E-state index >= 15 is 0 Å². The van der Waals surface area contributed by atoms with Gasteiger partial charge in [-0.2, -0.15) is 0 Å². The van der Waals surface area contributed by atoms with E-state index in [1.165, 1.54) is 36.5 Å². The molecule has 0 radical (unpaired) electrons. The number of unbranched alkanes of at least 4 members (excludes halogenated alkanes) is 2. The quantitative estimate of drug-likeness (QED) is 0.702. The minimum atomic E-state index is 0.515. The Morgan fingerprint density at radius 1 is 1.21 bits per heavy atom. The van der Waals surface area contributed by atoms with Crippen molar-refractivity contribution in [3.05, 3.63) is 11.1 Å². The molecule has 1 rings (SSSR count). The van der Waals surface area contributed by atoms with Gasteiger partial charge in [-0.3, -0.25) is 0 Å². The van der Waals surface area contributed by atoms with Crippen molar-refractivity contribution in [2.24, 2.45) is 0 Å². The van der Waals surface area contributed by atoms with Gasteiger partial charge >= 0.3 is 0 Å². The fourth-order valence-electron chi connectivity index (χ4n) is 1.83. The first kappa shape index (κ1) is 16.4. The van der Waals surface area contributed by atoms with Gasteiger partial charge in [-0.25, -0.2) is 4.98 Å². The summed E-state index contributed by atoms with van der Waals surface area (Å²) in [5, 5.41) is 6.81. The molecule has 1 aromatic rings. The summed E-state index contributed by atoms with van der Waals surface area (Å²) in [6.45, 7) is 12.0. The number of nitrogens with zero attached hydrogens (tertiary/aromatic N) is 2. The van der Waals surface area contributed by atoms with Crippen LogP contribution in [0.1, 0.15) is 59.1 Å². The van der Waals surface area contributed by atoms with Crippen molar-refractivity contribution in [3.8, 4) is 0 Å². The first-order valence-electron chi connectivity index (χ1n) is 7.60. The monoisotopic (exact) mass is 283 g/mol. The van der Waals surface area contributed by atoms with E-state index in [0.29, 0.717) is 6.04 Å². The number of aromatic nitrogens is 1. The molecule has 0 bridgehead atoms. The molecule has 0 aliphatic carbocycles. The summed E-state index contributed by atoms with van der Waals surface area (Å²) in [6.07, 6.45) is 5.00. The Morgan fingerprint density at radius 3 is 2.37 bits per heavy atom. The molecular weight excluding hydrogens is 254 g/mol. The van der Waals surface area contributed by atoms with Gasteiger partial charge in [0, 0.05) is 31.1 Å². The third-order valence-corrected chi connectivity index (χ3v) is 4.01. The average molecular weight is 283 g/mol. The third kappa shape index (κ3) is 6.39. The van der Waals surface area contributed by atoms with Crippen molar-refractivity contribution in [1.29, 1.82) is 0 Å². The van der Waals surface area contributed by atoms with Crippen LogP contribution in [0.25, 0.3) is 0 Å². The highest BCUT2D eigenvalue weighted by Crippen LogP contribution is 2.21. The Labute approximate surface area is 122 Å². The lowest BCUT2D eigenvalue weighted by molar-refractivity contribution is 0.582. The van der Waals surface area contributed by atoms with Crippen LogP contribution in [-0.2, 0) is 6.54 Å². The number of rotatable bonds is 10. The Bertz CT molecular complexity index is 328. The SMILES string of the molecule is CCCCN(CCCC)c1nc(CNC(C)C)cs1. The largest absolute Gasteiger partial charge is 0.348 e. The molecule has 0 spiro atoms. The molecule has 3 nitrogen and oxygen atoms in total. The second kappa shape index (κ2) is 9.32. The van der Waals surface area contributed by atoms with Crippen LogP contribution in [-0.4, -0.2) is 24.1 Å². The van der Waals surface area contributed by atoms with Gasteiger partial charge in [0.15, 0.2) is 5.13 Å². The molecule has 0 fully saturated rings. The number of thiazole rings is 1. The molecule has 1 aromatic heterocycles. The maximum atomic E-state index is 4.77. The van der Waals surface area contributed by atoms with E-state index in [2.05, 4.69) is 43.3 Å². The van der Waals surface area contributed by atoms with Crippen molar-refractivity contribution >= 4 is 16.5 Å². The Hall–Kier alpha value is -0.610.